The summed E-state index contributed by atoms with van der Waals surface area (Å²) in [5.74, 6) is 2.30. The van der Waals surface area contributed by atoms with Gasteiger partial charge in [0, 0.05) is 5.92 Å². The van der Waals surface area contributed by atoms with Crippen LogP contribution in [0.15, 0.2) is 54.6 Å². The smallest absolute Gasteiger partial charge is 0.123 e. The highest BCUT2D eigenvalue weighted by molar-refractivity contribution is 5.70. The monoisotopic (exact) mass is 306 g/mol. The molecule has 0 saturated heterocycles. The molecule has 4 rings (SSSR count). The van der Waals surface area contributed by atoms with Crippen molar-refractivity contribution in [3.05, 3.63) is 65.7 Å². The van der Waals surface area contributed by atoms with Gasteiger partial charge in [0.15, 0.2) is 0 Å². The Kier molecular flexibility index (Phi) is 3.41. The molecule has 0 aromatic heterocycles. The molecule has 2 heteroatoms. The molecule has 2 aromatic carbocycles. The van der Waals surface area contributed by atoms with Gasteiger partial charge >= 0.3 is 0 Å². The molecule has 0 unspecified atom stereocenters. The van der Waals surface area contributed by atoms with Crippen LogP contribution in [0.5, 0.6) is 11.5 Å². The highest BCUT2D eigenvalue weighted by atomic mass is 16.5. The molecular formula is C21H22O2. The summed E-state index contributed by atoms with van der Waals surface area (Å²) in [6, 6.07) is 16.9. The standard InChI is InChI=1S/C21H22O2/c1-21-12-6-9-18(15-7-4-3-5-8-15)19(21)14-16-13-17(22-2)10-11-20(16)23-21/h3-5,7-11,13,19H,6,12,14H2,1-2H3/t19-,21-/m0/s1. The van der Waals surface area contributed by atoms with Gasteiger partial charge in [-0.3, -0.25) is 0 Å². The summed E-state index contributed by atoms with van der Waals surface area (Å²) in [4.78, 5) is 0. The van der Waals surface area contributed by atoms with Crippen LogP contribution in [-0.4, -0.2) is 12.7 Å². The van der Waals surface area contributed by atoms with Crippen LogP contribution in [0.4, 0.5) is 0 Å². The first-order valence-electron chi connectivity index (χ1n) is 8.31. The van der Waals surface area contributed by atoms with E-state index in [1.807, 2.05) is 6.07 Å². The normalized spacial score (nSPS) is 25.7. The van der Waals surface area contributed by atoms with E-state index in [2.05, 4.69) is 55.5 Å². The van der Waals surface area contributed by atoms with Crippen LogP contribution in [-0.2, 0) is 6.42 Å². The Balaban J connectivity index is 1.76. The van der Waals surface area contributed by atoms with Gasteiger partial charge in [-0.05, 0) is 61.1 Å². The molecule has 118 valence electrons. The van der Waals surface area contributed by atoms with E-state index in [-0.39, 0.29) is 5.60 Å². The first kappa shape index (κ1) is 14.4. The van der Waals surface area contributed by atoms with E-state index < -0.39 is 0 Å². The van der Waals surface area contributed by atoms with Crippen molar-refractivity contribution < 1.29 is 9.47 Å². The number of hydrogen-bond acceptors (Lipinski definition) is 2. The minimum absolute atomic E-state index is 0.123. The van der Waals surface area contributed by atoms with Gasteiger partial charge < -0.3 is 9.47 Å². The fraction of sp³-hybridized carbons (Fsp3) is 0.333. The van der Waals surface area contributed by atoms with E-state index in [1.54, 1.807) is 7.11 Å². The van der Waals surface area contributed by atoms with Crippen molar-refractivity contribution in [2.75, 3.05) is 7.11 Å². The van der Waals surface area contributed by atoms with Gasteiger partial charge in [-0.15, -0.1) is 0 Å². The molecule has 1 aliphatic heterocycles. The highest BCUT2D eigenvalue weighted by Gasteiger charge is 2.44. The Labute approximate surface area is 137 Å². The van der Waals surface area contributed by atoms with E-state index in [0.29, 0.717) is 5.92 Å². The van der Waals surface area contributed by atoms with Crippen LogP contribution in [0.25, 0.3) is 5.57 Å². The van der Waals surface area contributed by atoms with E-state index in [0.717, 1.165) is 30.8 Å². The molecule has 0 radical (unpaired) electrons. The summed E-state index contributed by atoms with van der Waals surface area (Å²) < 4.78 is 11.9. The molecule has 2 atom stereocenters. The minimum atomic E-state index is -0.123. The number of hydrogen-bond donors (Lipinski definition) is 0. The molecule has 2 nitrogen and oxygen atoms in total. The summed E-state index contributed by atoms with van der Waals surface area (Å²) in [6.45, 7) is 2.26. The van der Waals surface area contributed by atoms with Crippen molar-refractivity contribution in [1.82, 2.24) is 0 Å². The molecule has 0 saturated carbocycles. The van der Waals surface area contributed by atoms with Crippen molar-refractivity contribution in [3.8, 4) is 11.5 Å². The zero-order chi connectivity index (χ0) is 15.9. The first-order valence-corrected chi connectivity index (χ1v) is 8.31. The topological polar surface area (TPSA) is 18.5 Å². The number of fused-ring (bicyclic) bond motifs is 2. The molecule has 2 aromatic rings. The number of allylic oxidation sites excluding steroid dienone is 1. The largest absolute Gasteiger partial charge is 0.497 e. The molecule has 1 aliphatic carbocycles. The second-order valence-corrected chi connectivity index (χ2v) is 6.71. The molecule has 1 heterocycles. The van der Waals surface area contributed by atoms with Gasteiger partial charge in [-0.2, -0.15) is 0 Å². The van der Waals surface area contributed by atoms with Crippen LogP contribution in [0.2, 0.25) is 0 Å². The fourth-order valence-corrected chi connectivity index (χ4v) is 3.97. The Hall–Kier alpha value is -2.22. The number of ether oxygens (including phenoxy) is 2. The predicted octanol–water partition coefficient (Wildman–Crippen LogP) is 4.88. The zero-order valence-electron chi connectivity index (χ0n) is 13.7. The van der Waals surface area contributed by atoms with Crippen molar-refractivity contribution >= 4 is 5.57 Å². The third kappa shape index (κ3) is 2.42. The molecule has 0 spiro atoms. The van der Waals surface area contributed by atoms with E-state index in [1.165, 1.54) is 16.7 Å². The average molecular weight is 306 g/mol. The van der Waals surface area contributed by atoms with Gasteiger partial charge in [0.1, 0.15) is 17.1 Å². The van der Waals surface area contributed by atoms with E-state index in [4.69, 9.17) is 9.47 Å². The lowest BCUT2D eigenvalue weighted by Gasteiger charge is -2.46. The number of benzene rings is 2. The van der Waals surface area contributed by atoms with Crippen LogP contribution >= 0.6 is 0 Å². The molecule has 0 bridgehead atoms. The second-order valence-electron chi connectivity index (χ2n) is 6.71. The van der Waals surface area contributed by atoms with Gasteiger partial charge in [-0.1, -0.05) is 36.4 Å². The molecule has 0 N–H and O–H groups in total. The van der Waals surface area contributed by atoms with Gasteiger partial charge in [0.2, 0.25) is 0 Å². The van der Waals surface area contributed by atoms with Crippen LogP contribution in [0.3, 0.4) is 0 Å². The maximum atomic E-state index is 6.48. The summed E-state index contributed by atoms with van der Waals surface area (Å²) >= 11 is 0. The predicted molar refractivity (Wildman–Crippen MR) is 92.9 cm³/mol. The zero-order valence-corrected chi connectivity index (χ0v) is 13.7. The Bertz CT molecular complexity index is 748. The first-order chi connectivity index (χ1) is 11.2. The van der Waals surface area contributed by atoms with Gasteiger partial charge in [0.05, 0.1) is 7.11 Å². The average Bonchev–Trinajstić information content (AvgIpc) is 2.59. The molecule has 23 heavy (non-hydrogen) atoms. The summed E-state index contributed by atoms with van der Waals surface area (Å²) in [5, 5.41) is 0. The van der Waals surface area contributed by atoms with Crippen LogP contribution in [0.1, 0.15) is 30.9 Å². The van der Waals surface area contributed by atoms with Gasteiger partial charge in [-0.25, -0.2) is 0 Å². The maximum Gasteiger partial charge on any atom is 0.123 e. The Morgan fingerprint density at radius 3 is 2.74 bits per heavy atom. The fourth-order valence-electron chi connectivity index (χ4n) is 3.97. The van der Waals surface area contributed by atoms with Crippen molar-refractivity contribution in [3.63, 3.8) is 0 Å². The van der Waals surface area contributed by atoms with Crippen LogP contribution in [0, 0.1) is 5.92 Å². The quantitative estimate of drug-likeness (QED) is 0.787. The lowest BCUT2D eigenvalue weighted by Crippen LogP contribution is -2.47. The van der Waals surface area contributed by atoms with Crippen molar-refractivity contribution in [2.24, 2.45) is 5.92 Å². The lowest BCUT2D eigenvalue weighted by molar-refractivity contribution is 0.0221. The maximum absolute atomic E-state index is 6.48. The highest BCUT2D eigenvalue weighted by Crippen LogP contribution is 2.48. The van der Waals surface area contributed by atoms with Gasteiger partial charge in [0.25, 0.3) is 0 Å². The molecule has 2 aliphatic rings. The third-order valence-electron chi connectivity index (χ3n) is 5.26. The molecular weight excluding hydrogens is 284 g/mol. The second kappa shape index (κ2) is 5.45. The lowest BCUT2D eigenvalue weighted by atomic mass is 9.69. The van der Waals surface area contributed by atoms with E-state index >= 15 is 0 Å². The Morgan fingerprint density at radius 1 is 1.13 bits per heavy atom. The minimum Gasteiger partial charge on any atom is -0.497 e. The summed E-state index contributed by atoms with van der Waals surface area (Å²) in [7, 11) is 1.71. The summed E-state index contributed by atoms with van der Waals surface area (Å²) in [6.07, 6.45) is 5.54. The SMILES string of the molecule is COc1ccc2c(c1)C[C@H]1C(c3ccccc3)=CCC[C@]1(C)O2. The van der Waals surface area contributed by atoms with Crippen LogP contribution < -0.4 is 9.47 Å². The number of rotatable bonds is 2. The summed E-state index contributed by atoms with van der Waals surface area (Å²) in [5.41, 5.74) is 3.86. The molecule has 0 amide bonds. The number of methoxy groups -OCH3 is 1. The van der Waals surface area contributed by atoms with Crippen molar-refractivity contribution in [1.29, 1.82) is 0 Å². The van der Waals surface area contributed by atoms with E-state index in [9.17, 15) is 0 Å². The molecule has 0 fully saturated rings. The Morgan fingerprint density at radius 2 is 1.96 bits per heavy atom. The van der Waals surface area contributed by atoms with Crippen molar-refractivity contribution in [2.45, 2.75) is 31.8 Å². The third-order valence-corrected chi connectivity index (χ3v) is 5.26.